The van der Waals surface area contributed by atoms with Crippen LogP contribution in [0, 0.1) is 0 Å². The van der Waals surface area contributed by atoms with E-state index in [2.05, 4.69) is 31.2 Å². The van der Waals surface area contributed by atoms with E-state index in [0.717, 1.165) is 18.8 Å². The van der Waals surface area contributed by atoms with E-state index in [4.69, 9.17) is 9.47 Å². The summed E-state index contributed by atoms with van der Waals surface area (Å²) in [5, 5.41) is 0. The Morgan fingerprint density at radius 2 is 2.06 bits per heavy atom. The number of hydrogen-bond acceptors (Lipinski definition) is 2. The molecule has 1 heterocycles. The van der Waals surface area contributed by atoms with Crippen molar-refractivity contribution >= 4 is 0 Å². The number of ether oxygens (including phenoxy) is 2. The van der Waals surface area contributed by atoms with Gasteiger partial charge in [-0.3, -0.25) is 0 Å². The first-order valence-corrected chi connectivity index (χ1v) is 5.69. The number of benzene rings is 1. The SMILES string of the molecule is C/C=C/Cc1ccc(OCC2(C)CO2)cc1. The van der Waals surface area contributed by atoms with E-state index in [1.165, 1.54) is 5.56 Å². The third-order valence-electron chi connectivity index (χ3n) is 2.69. The Balaban J connectivity index is 1.86. The molecular formula is C14H18O2. The summed E-state index contributed by atoms with van der Waals surface area (Å²) in [6.45, 7) is 5.55. The monoisotopic (exact) mass is 218 g/mol. The van der Waals surface area contributed by atoms with Crippen molar-refractivity contribution in [2.45, 2.75) is 25.9 Å². The Bertz CT molecular complexity index is 361. The second-order valence-electron chi connectivity index (χ2n) is 4.44. The summed E-state index contributed by atoms with van der Waals surface area (Å²) in [6.07, 6.45) is 5.20. The molecule has 1 aliphatic rings. The summed E-state index contributed by atoms with van der Waals surface area (Å²) < 4.78 is 10.9. The first-order chi connectivity index (χ1) is 7.72. The second kappa shape index (κ2) is 4.71. The molecule has 0 amide bonds. The first kappa shape index (κ1) is 11.2. The fourth-order valence-corrected chi connectivity index (χ4v) is 1.42. The van der Waals surface area contributed by atoms with Gasteiger partial charge in [-0.1, -0.05) is 24.3 Å². The van der Waals surface area contributed by atoms with Crippen molar-refractivity contribution in [3.63, 3.8) is 0 Å². The lowest BCUT2D eigenvalue weighted by atomic mass is 10.1. The lowest BCUT2D eigenvalue weighted by Crippen LogP contribution is -2.16. The molecule has 2 rings (SSSR count). The molecule has 0 saturated carbocycles. The van der Waals surface area contributed by atoms with E-state index in [1.807, 2.05) is 19.1 Å². The van der Waals surface area contributed by atoms with Crippen LogP contribution in [-0.4, -0.2) is 18.8 Å². The third-order valence-corrected chi connectivity index (χ3v) is 2.69. The molecule has 1 atom stereocenters. The summed E-state index contributed by atoms with van der Waals surface area (Å²) in [7, 11) is 0. The van der Waals surface area contributed by atoms with Crippen LogP contribution in [0.1, 0.15) is 19.4 Å². The summed E-state index contributed by atoms with van der Waals surface area (Å²) in [6, 6.07) is 8.24. The van der Waals surface area contributed by atoms with Crippen molar-refractivity contribution < 1.29 is 9.47 Å². The fraction of sp³-hybridized carbons (Fsp3) is 0.429. The van der Waals surface area contributed by atoms with Gasteiger partial charge >= 0.3 is 0 Å². The predicted molar refractivity (Wildman–Crippen MR) is 64.8 cm³/mol. The highest BCUT2D eigenvalue weighted by Gasteiger charge is 2.40. The highest BCUT2D eigenvalue weighted by molar-refractivity contribution is 5.28. The van der Waals surface area contributed by atoms with Gasteiger partial charge in [-0.25, -0.2) is 0 Å². The topological polar surface area (TPSA) is 21.8 Å². The van der Waals surface area contributed by atoms with Gasteiger partial charge in [0.15, 0.2) is 0 Å². The zero-order valence-corrected chi connectivity index (χ0v) is 9.90. The maximum atomic E-state index is 5.65. The minimum Gasteiger partial charge on any atom is -0.491 e. The average Bonchev–Trinajstić information content (AvgIpc) is 3.04. The van der Waals surface area contributed by atoms with Gasteiger partial charge in [0.1, 0.15) is 18.0 Å². The van der Waals surface area contributed by atoms with Crippen molar-refractivity contribution in [1.29, 1.82) is 0 Å². The molecule has 0 N–H and O–H groups in total. The van der Waals surface area contributed by atoms with Crippen molar-refractivity contribution in [2.75, 3.05) is 13.2 Å². The van der Waals surface area contributed by atoms with Crippen molar-refractivity contribution in [3.05, 3.63) is 42.0 Å². The molecule has 1 fully saturated rings. The van der Waals surface area contributed by atoms with E-state index in [9.17, 15) is 0 Å². The normalized spacial score (nSPS) is 23.6. The summed E-state index contributed by atoms with van der Waals surface area (Å²) in [5.41, 5.74) is 1.27. The van der Waals surface area contributed by atoms with Crippen LogP contribution in [0.4, 0.5) is 0 Å². The predicted octanol–water partition coefficient (Wildman–Crippen LogP) is 2.97. The first-order valence-electron chi connectivity index (χ1n) is 5.69. The highest BCUT2D eigenvalue weighted by atomic mass is 16.6. The van der Waals surface area contributed by atoms with Gasteiger partial charge in [0.2, 0.25) is 0 Å². The lowest BCUT2D eigenvalue weighted by Gasteiger charge is -2.08. The van der Waals surface area contributed by atoms with Gasteiger partial charge in [-0.05, 0) is 38.0 Å². The third kappa shape index (κ3) is 3.11. The Labute approximate surface area is 96.9 Å². The molecule has 16 heavy (non-hydrogen) atoms. The fourth-order valence-electron chi connectivity index (χ4n) is 1.42. The standard InChI is InChI=1S/C14H18O2/c1-3-4-5-12-6-8-13(9-7-12)15-10-14(2)11-16-14/h3-4,6-9H,5,10-11H2,1-2H3/b4-3+. The van der Waals surface area contributed by atoms with Crippen molar-refractivity contribution in [1.82, 2.24) is 0 Å². The van der Waals surface area contributed by atoms with Gasteiger partial charge in [0.05, 0.1) is 6.61 Å². The Kier molecular flexibility index (Phi) is 3.30. The van der Waals surface area contributed by atoms with E-state index in [0.29, 0.717) is 6.61 Å². The minimum absolute atomic E-state index is 0.0381. The molecule has 0 aromatic heterocycles. The van der Waals surface area contributed by atoms with Crippen LogP contribution in [0.3, 0.4) is 0 Å². The maximum absolute atomic E-state index is 5.65. The minimum atomic E-state index is -0.0381. The van der Waals surface area contributed by atoms with E-state index in [-0.39, 0.29) is 5.60 Å². The lowest BCUT2D eigenvalue weighted by molar-refractivity contribution is 0.202. The highest BCUT2D eigenvalue weighted by Crippen LogP contribution is 2.26. The van der Waals surface area contributed by atoms with Gasteiger partial charge in [-0.2, -0.15) is 0 Å². The van der Waals surface area contributed by atoms with Crippen molar-refractivity contribution in [2.24, 2.45) is 0 Å². The van der Waals surface area contributed by atoms with Crippen LogP contribution in [0.5, 0.6) is 5.75 Å². The zero-order valence-electron chi connectivity index (χ0n) is 9.90. The van der Waals surface area contributed by atoms with E-state index in [1.54, 1.807) is 0 Å². The molecular weight excluding hydrogens is 200 g/mol. The molecule has 1 aromatic rings. The summed E-state index contributed by atoms with van der Waals surface area (Å²) in [5.74, 6) is 0.918. The van der Waals surface area contributed by atoms with Crippen LogP contribution in [0.2, 0.25) is 0 Å². The van der Waals surface area contributed by atoms with Gasteiger partial charge in [-0.15, -0.1) is 0 Å². The molecule has 1 aliphatic heterocycles. The van der Waals surface area contributed by atoms with Crippen LogP contribution in [0.15, 0.2) is 36.4 Å². The van der Waals surface area contributed by atoms with Gasteiger partial charge < -0.3 is 9.47 Å². The number of rotatable bonds is 5. The van der Waals surface area contributed by atoms with E-state index >= 15 is 0 Å². The molecule has 0 spiro atoms. The number of hydrogen-bond donors (Lipinski definition) is 0. The zero-order chi connectivity index (χ0) is 11.4. The van der Waals surface area contributed by atoms with Crippen LogP contribution >= 0.6 is 0 Å². The Morgan fingerprint density at radius 1 is 1.38 bits per heavy atom. The average molecular weight is 218 g/mol. The second-order valence-corrected chi connectivity index (χ2v) is 4.44. The van der Waals surface area contributed by atoms with Crippen LogP contribution in [0.25, 0.3) is 0 Å². The molecule has 1 aromatic carbocycles. The largest absolute Gasteiger partial charge is 0.491 e. The Hall–Kier alpha value is -1.28. The Morgan fingerprint density at radius 3 is 2.62 bits per heavy atom. The van der Waals surface area contributed by atoms with Gasteiger partial charge in [0, 0.05) is 0 Å². The molecule has 1 saturated heterocycles. The quantitative estimate of drug-likeness (QED) is 0.560. The molecule has 2 nitrogen and oxygen atoms in total. The van der Waals surface area contributed by atoms with Gasteiger partial charge in [0.25, 0.3) is 0 Å². The molecule has 0 aliphatic carbocycles. The molecule has 0 bridgehead atoms. The number of allylic oxidation sites excluding steroid dienone is 2. The summed E-state index contributed by atoms with van der Waals surface area (Å²) >= 11 is 0. The van der Waals surface area contributed by atoms with Crippen LogP contribution < -0.4 is 4.74 Å². The number of epoxide rings is 1. The molecule has 1 unspecified atom stereocenters. The van der Waals surface area contributed by atoms with E-state index < -0.39 is 0 Å². The van der Waals surface area contributed by atoms with Crippen molar-refractivity contribution in [3.8, 4) is 5.75 Å². The molecule has 86 valence electrons. The maximum Gasteiger partial charge on any atom is 0.123 e. The smallest absolute Gasteiger partial charge is 0.123 e. The summed E-state index contributed by atoms with van der Waals surface area (Å²) in [4.78, 5) is 0. The molecule has 2 heteroatoms. The molecule has 0 radical (unpaired) electrons. The van der Waals surface area contributed by atoms with Crippen LogP contribution in [-0.2, 0) is 11.2 Å².